The van der Waals surface area contributed by atoms with E-state index in [1.54, 1.807) is 13.8 Å². The lowest BCUT2D eigenvalue weighted by Gasteiger charge is -2.08. The van der Waals surface area contributed by atoms with Crippen LogP contribution in [0.3, 0.4) is 0 Å². The average molecular weight is 142 g/mol. The highest BCUT2D eigenvalue weighted by Gasteiger charge is 2.16. The van der Waals surface area contributed by atoms with E-state index >= 15 is 0 Å². The number of hydrogen-bond acceptors (Lipinski definition) is 2. The summed E-state index contributed by atoms with van der Waals surface area (Å²) in [5.41, 5.74) is 12.9. The first kappa shape index (κ1) is 8.78. The van der Waals surface area contributed by atoms with E-state index in [-0.39, 0.29) is 5.92 Å². The van der Waals surface area contributed by atoms with E-state index in [1.807, 2.05) is 0 Å². The van der Waals surface area contributed by atoms with Crippen LogP contribution in [0.25, 0.3) is 10.4 Å². The fourth-order valence-electron chi connectivity index (χ4n) is 0.574. The third kappa shape index (κ3) is 2.37. The zero-order chi connectivity index (χ0) is 8.15. The number of carbonyl (C=O) groups is 1. The highest BCUT2D eigenvalue weighted by Crippen LogP contribution is 2.04. The van der Waals surface area contributed by atoms with Crippen LogP contribution in [0.15, 0.2) is 5.11 Å². The summed E-state index contributed by atoms with van der Waals surface area (Å²) in [6, 6.07) is -0.718. The van der Waals surface area contributed by atoms with E-state index in [4.69, 9.17) is 11.3 Å². The third-order valence-electron chi connectivity index (χ3n) is 1.10. The first-order chi connectivity index (χ1) is 4.59. The summed E-state index contributed by atoms with van der Waals surface area (Å²) in [7, 11) is 0. The second-order valence-electron chi connectivity index (χ2n) is 2.30. The van der Waals surface area contributed by atoms with Gasteiger partial charge in [-0.05, 0) is 11.4 Å². The molecule has 1 atom stereocenters. The Kier molecular flexibility index (Phi) is 3.28. The van der Waals surface area contributed by atoms with Crippen molar-refractivity contribution < 1.29 is 4.79 Å². The number of nitrogens with zero attached hydrogens (tertiary/aromatic N) is 3. The van der Waals surface area contributed by atoms with Gasteiger partial charge in [0.15, 0.2) is 0 Å². The molecule has 0 heterocycles. The lowest BCUT2D eigenvalue weighted by molar-refractivity contribution is -0.120. The van der Waals surface area contributed by atoms with Crippen molar-refractivity contribution in [3.63, 3.8) is 0 Å². The molecular formula is C5H10N4O. The molecule has 56 valence electrons. The molecule has 0 fully saturated rings. The van der Waals surface area contributed by atoms with Gasteiger partial charge in [0.2, 0.25) is 5.91 Å². The molecule has 0 bridgehead atoms. The fourth-order valence-corrected chi connectivity index (χ4v) is 0.574. The van der Waals surface area contributed by atoms with E-state index in [1.165, 1.54) is 0 Å². The second kappa shape index (κ2) is 3.74. The van der Waals surface area contributed by atoms with Crippen LogP contribution in [-0.2, 0) is 4.79 Å². The van der Waals surface area contributed by atoms with E-state index in [9.17, 15) is 4.79 Å². The molecule has 0 spiro atoms. The third-order valence-corrected chi connectivity index (χ3v) is 1.10. The lowest BCUT2D eigenvalue weighted by Crippen LogP contribution is -2.30. The molecule has 5 heteroatoms. The summed E-state index contributed by atoms with van der Waals surface area (Å²) < 4.78 is 0. The minimum Gasteiger partial charge on any atom is -0.369 e. The maximum absolute atomic E-state index is 10.5. The topological polar surface area (TPSA) is 91.8 Å². The van der Waals surface area contributed by atoms with Crippen molar-refractivity contribution >= 4 is 5.91 Å². The number of amides is 1. The van der Waals surface area contributed by atoms with Gasteiger partial charge in [-0.3, -0.25) is 4.79 Å². The number of nitrogens with two attached hydrogens (primary N) is 1. The number of primary amides is 1. The average Bonchev–Trinajstić information content (AvgIpc) is 1.81. The predicted molar refractivity (Wildman–Crippen MR) is 37.0 cm³/mol. The van der Waals surface area contributed by atoms with E-state index in [0.29, 0.717) is 0 Å². The van der Waals surface area contributed by atoms with Gasteiger partial charge < -0.3 is 5.73 Å². The van der Waals surface area contributed by atoms with E-state index < -0.39 is 11.9 Å². The minimum absolute atomic E-state index is 0.0339. The van der Waals surface area contributed by atoms with E-state index in [2.05, 4.69) is 10.0 Å². The Morgan fingerprint density at radius 2 is 2.20 bits per heavy atom. The zero-order valence-electron chi connectivity index (χ0n) is 5.98. The fraction of sp³-hybridized carbons (Fsp3) is 0.800. The summed E-state index contributed by atoms with van der Waals surface area (Å²) in [6.45, 7) is 3.54. The molecule has 2 N–H and O–H groups in total. The van der Waals surface area contributed by atoms with Crippen molar-refractivity contribution in [1.82, 2.24) is 0 Å². The number of hydrogen-bond donors (Lipinski definition) is 1. The van der Waals surface area contributed by atoms with Crippen molar-refractivity contribution in [2.24, 2.45) is 16.8 Å². The smallest absolute Gasteiger partial charge is 0.226 e. The van der Waals surface area contributed by atoms with Crippen LogP contribution in [0.1, 0.15) is 13.8 Å². The van der Waals surface area contributed by atoms with Crippen LogP contribution < -0.4 is 5.73 Å². The van der Waals surface area contributed by atoms with Crippen molar-refractivity contribution in [2.75, 3.05) is 0 Å². The minimum atomic E-state index is -0.718. The Labute approximate surface area is 58.8 Å². The van der Waals surface area contributed by atoms with Crippen LogP contribution in [0.2, 0.25) is 0 Å². The predicted octanol–water partition coefficient (Wildman–Crippen LogP) is 0.807. The van der Waals surface area contributed by atoms with E-state index in [0.717, 1.165) is 0 Å². The van der Waals surface area contributed by atoms with Crippen molar-refractivity contribution in [1.29, 1.82) is 0 Å². The van der Waals surface area contributed by atoms with Crippen LogP contribution in [0.4, 0.5) is 0 Å². The van der Waals surface area contributed by atoms with Crippen LogP contribution in [0.5, 0.6) is 0 Å². The largest absolute Gasteiger partial charge is 0.369 e. The molecule has 0 rings (SSSR count). The lowest BCUT2D eigenvalue weighted by atomic mass is 10.1. The molecule has 0 saturated carbocycles. The molecule has 0 radical (unpaired) electrons. The first-order valence-electron chi connectivity index (χ1n) is 2.93. The second-order valence-corrected chi connectivity index (χ2v) is 2.30. The molecule has 0 saturated heterocycles. The molecule has 0 aromatic rings. The highest BCUT2D eigenvalue weighted by molar-refractivity contribution is 5.80. The molecule has 0 aliphatic rings. The molecule has 1 amide bonds. The van der Waals surface area contributed by atoms with Gasteiger partial charge >= 0.3 is 0 Å². The summed E-state index contributed by atoms with van der Waals surface area (Å²) >= 11 is 0. The van der Waals surface area contributed by atoms with Gasteiger partial charge in [-0.1, -0.05) is 19.0 Å². The Morgan fingerprint density at radius 3 is 2.30 bits per heavy atom. The van der Waals surface area contributed by atoms with Crippen molar-refractivity contribution in [2.45, 2.75) is 19.9 Å². The van der Waals surface area contributed by atoms with Gasteiger partial charge in [0.05, 0.1) is 0 Å². The molecule has 0 aromatic heterocycles. The zero-order valence-corrected chi connectivity index (χ0v) is 5.98. The number of rotatable bonds is 3. The van der Waals surface area contributed by atoms with Gasteiger partial charge in [-0.15, -0.1) is 0 Å². The van der Waals surface area contributed by atoms with Crippen LogP contribution in [0, 0.1) is 5.92 Å². The van der Waals surface area contributed by atoms with Crippen molar-refractivity contribution in [3.8, 4) is 0 Å². The SMILES string of the molecule is CC(C)[C@@H](N=[N+]=[N-])C(N)=O. The summed E-state index contributed by atoms with van der Waals surface area (Å²) in [5.74, 6) is -0.610. The molecule has 0 aromatic carbocycles. The van der Waals surface area contributed by atoms with Gasteiger partial charge in [0, 0.05) is 4.91 Å². The normalized spacial score (nSPS) is 12.3. The van der Waals surface area contributed by atoms with Crippen LogP contribution in [-0.4, -0.2) is 11.9 Å². The molecular weight excluding hydrogens is 132 g/mol. The Bertz CT molecular complexity index is 168. The first-order valence-corrected chi connectivity index (χ1v) is 2.93. The molecule has 10 heavy (non-hydrogen) atoms. The summed E-state index contributed by atoms with van der Waals surface area (Å²) in [6.07, 6.45) is 0. The van der Waals surface area contributed by atoms with Gasteiger partial charge in [0.25, 0.3) is 0 Å². The summed E-state index contributed by atoms with van der Waals surface area (Å²) in [4.78, 5) is 13.0. The number of carbonyl (C=O) groups excluding carboxylic acids is 1. The molecule has 0 aliphatic heterocycles. The maximum Gasteiger partial charge on any atom is 0.226 e. The number of azide groups is 1. The summed E-state index contributed by atoms with van der Waals surface area (Å²) in [5, 5.41) is 3.23. The van der Waals surface area contributed by atoms with Gasteiger partial charge in [-0.2, -0.15) is 0 Å². The van der Waals surface area contributed by atoms with Crippen molar-refractivity contribution in [3.05, 3.63) is 10.4 Å². The molecule has 0 aliphatic carbocycles. The Hall–Kier alpha value is -1.22. The molecule has 5 nitrogen and oxygen atoms in total. The Balaban J connectivity index is 4.26. The maximum atomic E-state index is 10.5. The quantitative estimate of drug-likeness (QED) is 0.352. The van der Waals surface area contributed by atoms with Gasteiger partial charge in [-0.25, -0.2) is 0 Å². The van der Waals surface area contributed by atoms with Crippen LogP contribution >= 0.6 is 0 Å². The highest BCUT2D eigenvalue weighted by atomic mass is 16.1. The van der Waals surface area contributed by atoms with Gasteiger partial charge in [0.1, 0.15) is 6.04 Å². The monoisotopic (exact) mass is 142 g/mol. The Morgan fingerprint density at radius 1 is 1.70 bits per heavy atom. The molecule has 0 unspecified atom stereocenters. The standard InChI is InChI=1S/C5H10N4O/c1-3(2)4(5(6)10)8-9-7/h3-4H,1-2H3,(H2,6,10)/t4-/m1/s1.